The summed E-state index contributed by atoms with van der Waals surface area (Å²) < 4.78 is 5.42. The summed E-state index contributed by atoms with van der Waals surface area (Å²) >= 11 is 5.75. The second kappa shape index (κ2) is 9.66. The fourth-order valence-electron chi connectivity index (χ4n) is 2.76. The average Bonchev–Trinajstić information content (AvgIpc) is 2.97. The highest BCUT2D eigenvalue weighted by atomic mass is 35.5. The minimum atomic E-state index is -0.549. The van der Waals surface area contributed by atoms with Crippen LogP contribution in [0.25, 0.3) is 0 Å². The fraction of sp³-hybridized carbons (Fsp3) is 0.533. The van der Waals surface area contributed by atoms with Gasteiger partial charge in [0.25, 0.3) is 0 Å². The van der Waals surface area contributed by atoms with E-state index in [4.69, 9.17) is 16.3 Å². The van der Waals surface area contributed by atoms with Crippen molar-refractivity contribution in [3.8, 4) is 5.75 Å². The van der Waals surface area contributed by atoms with Crippen molar-refractivity contribution < 1.29 is 14.5 Å². The average molecular weight is 378 g/mol. The van der Waals surface area contributed by atoms with Crippen molar-refractivity contribution in [3.05, 3.63) is 33.3 Å². The number of likely N-dealkylation sites (tertiary alicyclic amines) is 1. The zero-order valence-corrected chi connectivity index (χ0v) is 14.9. The maximum atomic E-state index is 12.3. The van der Waals surface area contributed by atoms with Crippen LogP contribution in [-0.4, -0.2) is 48.5 Å². The first-order chi connectivity index (χ1) is 11.0. The van der Waals surface area contributed by atoms with Crippen LogP contribution >= 0.6 is 24.0 Å². The van der Waals surface area contributed by atoms with Crippen molar-refractivity contribution in [2.75, 3.05) is 26.7 Å². The lowest BCUT2D eigenvalue weighted by atomic mass is 10.2. The van der Waals surface area contributed by atoms with E-state index in [0.717, 1.165) is 25.9 Å². The van der Waals surface area contributed by atoms with Crippen LogP contribution in [-0.2, 0) is 4.79 Å². The molecule has 1 heterocycles. The van der Waals surface area contributed by atoms with Gasteiger partial charge in [-0.15, -0.1) is 12.4 Å². The monoisotopic (exact) mass is 377 g/mol. The summed E-state index contributed by atoms with van der Waals surface area (Å²) in [6.45, 7) is 1.63. The Hall–Kier alpha value is -1.57. The van der Waals surface area contributed by atoms with Gasteiger partial charge in [-0.1, -0.05) is 11.6 Å². The molecule has 2 rings (SSSR count). The van der Waals surface area contributed by atoms with Crippen LogP contribution in [0.1, 0.15) is 19.3 Å². The molecule has 1 aliphatic rings. The van der Waals surface area contributed by atoms with E-state index in [1.165, 1.54) is 18.2 Å². The second-order valence-corrected chi connectivity index (χ2v) is 5.84. The molecule has 0 spiro atoms. The molecule has 0 radical (unpaired) electrons. The molecule has 1 aromatic carbocycles. The zero-order chi connectivity index (χ0) is 16.8. The standard InChI is InChI=1S/C15H20ClN3O4.ClH/c1-17-10-12-3-2-7-18(12)15(20)6-8-23-14-5-4-11(16)9-13(14)19(21)22;/h4-5,9,12,17H,2-3,6-8,10H2,1H3;1H. The van der Waals surface area contributed by atoms with Crippen molar-refractivity contribution in [2.45, 2.75) is 25.3 Å². The zero-order valence-electron chi connectivity index (χ0n) is 13.4. The van der Waals surface area contributed by atoms with Gasteiger partial charge in [0.2, 0.25) is 5.91 Å². The number of nitrogens with one attached hydrogen (secondary N) is 1. The van der Waals surface area contributed by atoms with E-state index in [9.17, 15) is 14.9 Å². The number of hydrogen-bond acceptors (Lipinski definition) is 5. The van der Waals surface area contributed by atoms with Crippen molar-refractivity contribution >= 4 is 35.6 Å². The van der Waals surface area contributed by atoms with Gasteiger partial charge in [0, 0.05) is 30.2 Å². The minimum Gasteiger partial charge on any atom is -0.486 e. The molecule has 0 saturated carbocycles. The van der Waals surface area contributed by atoms with Gasteiger partial charge in [0.15, 0.2) is 5.75 Å². The lowest BCUT2D eigenvalue weighted by Crippen LogP contribution is -2.41. The van der Waals surface area contributed by atoms with E-state index in [2.05, 4.69) is 5.32 Å². The number of nitrogens with zero attached hydrogens (tertiary/aromatic N) is 2. The Morgan fingerprint density at radius 2 is 2.29 bits per heavy atom. The van der Waals surface area contributed by atoms with E-state index in [-0.39, 0.29) is 53.8 Å². The number of likely N-dealkylation sites (N-methyl/N-ethyl adjacent to an activating group) is 1. The fourth-order valence-corrected chi connectivity index (χ4v) is 2.93. The molecular weight excluding hydrogens is 357 g/mol. The van der Waals surface area contributed by atoms with Gasteiger partial charge in [-0.3, -0.25) is 14.9 Å². The number of ether oxygens (including phenoxy) is 1. The van der Waals surface area contributed by atoms with Crippen LogP contribution in [0.3, 0.4) is 0 Å². The largest absolute Gasteiger partial charge is 0.486 e. The third kappa shape index (κ3) is 5.22. The van der Waals surface area contributed by atoms with Crippen LogP contribution in [0, 0.1) is 10.1 Å². The van der Waals surface area contributed by atoms with Crippen LogP contribution in [0.4, 0.5) is 5.69 Å². The van der Waals surface area contributed by atoms with Gasteiger partial charge in [-0.05, 0) is 32.0 Å². The number of carbonyl (C=O) groups is 1. The summed E-state index contributed by atoms with van der Waals surface area (Å²) in [4.78, 5) is 24.5. The molecule has 1 saturated heterocycles. The molecular formula is C15H21Cl2N3O4. The number of benzene rings is 1. The van der Waals surface area contributed by atoms with E-state index >= 15 is 0 Å². The smallest absolute Gasteiger partial charge is 0.312 e. The number of nitro benzene ring substituents is 1. The first kappa shape index (κ1) is 20.5. The maximum absolute atomic E-state index is 12.3. The van der Waals surface area contributed by atoms with Crippen molar-refractivity contribution in [2.24, 2.45) is 0 Å². The van der Waals surface area contributed by atoms with Gasteiger partial charge >= 0.3 is 5.69 Å². The van der Waals surface area contributed by atoms with Crippen LogP contribution < -0.4 is 10.1 Å². The minimum absolute atomic E-state index is 0. The topological polar surface area (TPSA) is 84.7 Å². The molecule has 9 heteroatoms. The maximum Gasteiger partial charge on any atom is 0.312 e. The Bertz CT molecular complexity index is 586. The van der Waals surface area contributed by atoms with Gasteiger partial charge in [-0.2, -0.15) is 0 Å². The molecule has 24 heavy (non-hydrogen) atoms. The SMILES string of the molecule is CNCC1CCCN1C(=O)CCOc1ccc(Cl)cc1[N+](=O)[O-].Cl. The van der Waals surface area contributed by atoms with Crippen molar-refractivity contribution in [3.63, 3.8) is 0 Å². The molecule has 1 fully saturated rings. The normalized spacial score (nSPS) is 16.6. The molecule has 134 valence electrons. The van der Waals surface area contributed by atoms with Gasteiger partial charge in [0.05, 0.1) is 18.0 Å². The Morgan fingerprint density at radius 3 is 2.96 bits per heavy atom. The molecule has 1 N–H and O–H groups in total. The molecule has 0 bridgehead atoms. The highest BCUT2D eigenvalue weighted by Crippen LogP contribution is 2.30. The molecule has 0 aromatic heterocycles. The lowest BCUT2D eigenvalue weighted by Gasteiger charge is -2.24. The van der Waals surface area contributed by atoms with Crippen molar-refractivity contribution in [1.29, 1.82) is 0 Å². The highest BCUT2D eigenvalue weighted by molar-refractivity contribution is 6.30. The summed E-state index contributed by atoms with van der Waals surface area (Å²) in [5.41, 5.74) is -0.195. The van der Waals surface area contributed by atoms with Crippen LogP contribution in [0.5, 0.6) is 5.75 Å². The summed E-state index contributed by atoms with van der Waals surface area (Å²) in [6.07, 6.45) is 2.19. The van der Waals surface area contributed by atoms with Crippen LogP contribution in [0.15, 0.2) is 18.2 Å². The third-order valence-corrected chi connectivity index (χ3v) is 4.06. The summed E-state index contributed by atoms with van der Waals surface area (Å²) in [5, 5.41) is 14.3. The van der Waals surface area contributed by atoms with Crippen LogP contribution in [0.2, 0.25) is 5.02 Å². The number of amides is 1. The van der Waals surface area contributed by atoms with Crippen molar-refractivity contribution in [1.82, 2.24) is 10.2 Å². The first-order valence-electron chi connectivity index (χ1n) is 7.53. The number of rotatable bonds is 7. The quantitative estimate of drug-likeness (QED) is 0.583. The Kier molecular flexibility index (Phi) is 8.24. The van der Waals surface area contributed by atoms with Gasteiger partial charge < -0.3 is 15.0 Å². The molecule has 0 aliphatic carbocycles. The van der Waals surface area contributed by atoms with Gasteiger partial charge in [0.1, 0.15) is 0 Å². The van der Waals surface area contributed by atoms with E-state index in [1.54, 1.807) is 0 Å². The Balaban J connectivity index is 0.00000288. The summed E-state index contributed by atoms with van der Waals surface area (Å²) in [6, 6.07) is 4.43. The Labute approximate surface area is 151 Å². The number of carbonyl (C=O) groups excluding carboxylic acids is 1. The summed E-state index contributed by atoms with van der Waals surface area (Å²) in [7, 11) is 1.86. The molecule has 1 atom stereocenters. The number of hydrogen-bond donors (Lipinski definition) is 1. The first-order valence-corrected chi connectivity index (χ1v) is 7.91. The van der Waals surface area contributed by atoms with E-state index in [1.807, 2.05) is 11.9 Å². The predicted octanol–water partition coefficient (Wildman–Crippen LogP) is 2.65. The molecule has 1 aliphatic heterocycles. The number of nitro groups is 1. The van der Waals surface area contributed by atoms with E-state index < -0.39 is 4.92 Å². The highest BCUT2D eigenvalue weighted by Gasteiger charge is 2.27. The molecule has 1 unspecified atom stereocenters. The van der Waals surface area contributed by atoms with Gasteiger partial charge in [-0.25, -0.2) is 0 Å². The summed E-state index contributed by atoms with van der Waals surface area (Å²) in [5.74, 6) is 0.139. The lowest BCUT2D eigenvalue weighted by molar-refractivity contribution is -0.385. The number of halogens is 2. The van der Waals surface area contributed by atoms with E-state index in [0.29, 0.717) is 0 Å². The Morgan fingerprint density at radius 1 is 1.54 bits per heavy atom. The third-order valence-electron chi connectivity index (χ3n) is 3.83. The predicted molar refractivity (Wildman–Crippen MR) is 94.1 cm³/mol. The second-order valence-electron chi connectivity index (χ2n) is 5.41. The molecule has 1 amide bonds. The molecule has 1 aromatic rings. The molecule has 7 nitrogen and oxygen atoms in total.